The number of carbonyl (C=O) groups is 1. The molecule has 0 aliphatic carbocycles. The molecular weight excluding hydrogens is 489 g/mol. The Morgan fingerprint density at radius 2 is 1.81 bits per heavy atom. The van der Waals surface area contributed by atoms with E-state index in [0.29, 0.717) is 25.9 Å². The Morgan fingerprint density at radius 1 is 1.14 bits per heavy atom. The molecule has 194 valence electrons. The van der Waals surface area contributed by atoms with Gasteiger partial charge >= 0.3 is 12.1 Å². The third-order valence-corrected chi connectivity index (χ3v) is 5.05. The normalized spacial score (nSPS) is 14.4. The van der Waals surface area contributed by atoms with Gasteiger partial charge in [-0.1, -0.05) is 0 Å². The van der Waals surface area contributed by atoms with Crippen LogP contribution >= 0.6 is 0 Å². The van der Waals surface area contributed by atoms with Gasteiger partial charge in [0.05, 0.1) is 11.7 Å². The Labute approximate surface area is 203 Å². The Hall–Kier alpha value is -3.77. The number of hydrogen-bond donors (Lipinski definition) is 2. The van der Waals surface area contributed by atoms with Crippen molar-refractivity contribution < 1.29 is 36.6 Å². The molecule has 0 atom stereocenters. The summed E-state index contributed by atoms with van der Waals surface area (Å²) in [5.74, 6) is -2.43. The van der Waals surface area contributed by atoms with Crippen molar-refractivity contribution in [2.45, 2.75) is 45.0 Å². The van der Waals surface area contributed by atoms with E-state index in [1.54, 1.807) is 12.4 Å². The van der Waals surface area contributed by atoms with Gasteiger partial charge in [-0.2, -0.15) is 13.2 Å². The zero-order chi connectivity index (χ0) is 26.5. The molecule has 1 aliphatic rings. The number of anilines is 2. The number of alkyl halides is 3. The van der Waals surface area contributed by atoms with Gasteiger partial charge in [-0.25, -0.2) is 23.5 Å². The molecule has 1 fully saturated rings. The van der Waals surface area contributed by atoms with Crippen molar-refractivity contribution >= 4 is 28.6 Å². The fourth-order valence-electron chi connectivity index (χ4n) is 3.42. The van der Waals surface area contributed by atoms with Crippen LogP contribution in [0.2, 0.25) is 0 Å². The van der Waals surface area contributed by atoms with Crippen molar-refractivity contribution in [2.75, 3.05) is 23.3 Å². The Balaban J connectivity index is 0.000000454. The van der Waals surface area contributed by atoms with Crippen LogP contribution in [-0.2, 0) is 4.79 Å². The van der Waals surface area contributed by atoms with Crippen molar-refractivity contribution in [1.82, 2.24) is 15.0 Å². The van der Waals surface area contributed by atoms with Crippen molar-refractivity contribution in [1.29, 1.82) is 0 Å². The minimum atomic E-state index is -5.08. The molecule has 0 amide bonds. The third-order valence-electron chi connectivity index (χ3n) is 5.05. The zero-order valence-electron chi connectivity index (χ0n) is 19.4. The smallest absolute Gasteiger partial charge is 0.487 e. The molecule has 1 saturated heterocycles. The van der Waals surface area contributed by atoms with E-state index < -0.39 is 23.8 Å². The largest absolute Gasteiger partial charge is 0.490 e. The molecule has 2 aromatic heterocycles. The number of fused-ring (bicyclic) bond motifs is 1. The highest BCUT2D eigenvalue weighted by molar-refractivity contribution is 5.79. The second-order valence-electron chi connectivity index (χ2n) is 8.24. The van der Waals surface area contributed by atoms with E-state index in [-0.39, 0.29) is 17.9 Å². The number of benzene rings is 1. The second kappa shape index (κ2) is 11.3. The van der Waals surface area contributed by atoms with Crippen molar-refractivity contribution in [3.05, 3.63) is 48.3 Å². The maximum absolute atomic E-state index is 13.9. The van der Waals surface area contributed by atoms with E-state index in [1.165, 1.54) is 12.1 Å². The van der Waals surface area contributed by atoms with Crippen molar-refractivity contribution in [2.24, 2.45) is 0 Å². The maximum atomic E-state index is 13.9. The number of piperidine rings is 1. The lowest BCUT2D eigenvalue weighted by molar-refractivity contribution is -0.192. The highest BCUT2D eigenvalue weighted by atomic mass is 19.4. The molecule has 36 heavy (non-hydrogen) atoms. The first-order valence-corrected chi connectivity index (χ1v) is 11.0. The first kappa shape index (κ1) is 26.8. The van der Waals surface area contributed by atoms with Crippen molar-refractivity contribution in [3.63, 3.8) is 0 Å². The second-order valence-corrected chi connectivity index (χ2v) is 8.24. The molecular formula is C23H24F5N5O3. The fraction of sp³-hybridized carbons (Fsp3) is 0.391. The molecule has 3 heterocycles. The molecule has 3 aromatic rings. The summed E-state index contributed by atoms with van der Waals surface area (Å²) < 4.78 is 64.4. The van der Waals surface area contributed by atoms with Gasteiger partial charge in [0, 0.05) is 44.2 Å². The fourth-order valence-corrected chi connectivity index (χ4v) is 3.42. The summed E-state index contributed by atoms with van der Waals surface area (Å²) in [6.07, 6.45) is -0.407. The number of halogens is 5. The third kappa shape index (κ3) is 7.12. The van der Waals surface area contributed by atoms with Gasteiger partial charge in [0.2, 0.25) is 0 Å². The predicted molar refractivity (Wildman–Crippen MR) is 122 cm³/mol. The summed E-state index contributed by atoms with van der Waals surface area (Å²) in [5, 5.41) is 10.5. The van der Waals surface area contributed by atoms with E-state index in [1.807, 2.05) is 6.07 Å². The molecule has 0 radical (unpaired) electrons. The van der Waals surface area contributed by atoms with Crippen molar-refractivity contribution in [3.8, 4) is 5.75 Å². The lowest BCUT2D eigenvalue weighted by Crippen LogP contribution is -2.39. The first-order valence-electron chi connectivity index (χ1n) is 11.0. The number of nitrogens with zero attached hydrogens (tertiary/aromatic N) is 4. The monoisotopic (exact) mass is 513 g/mol. The number of aliphatic carboxylic acids is 1. The van der Waals surface area contributed by atoms with Crippen LogP contribution in [0.15, 0.2) is 36.7 Å². The number of ether oxygens (including phenoxy) is 1. The molecule has 0 saturated carbocycles. The lowest BCUT2D eigenvalue weighted by atomic mass is 10.1. The molecule has 0 unspecified atom stereocenters. The molecule has 8 nitrogen and oxygen atoms in total. The van der Waals surface area contributed by atoms with Gasteiger partial charge < -0.3 is 20.1 Å². The zero-order valence-corrected chi connectivity index (χ0v) is 19.4. The van der Waals surface area contributed by atoms with E-state index in [4.69, 9.17) is 24.6 Å². The average Bonchev–Trinajstić information content (AvgIpc) is 2.80. The molecule has 1 aliphatic heterocycles. The van der Waals surface area contributed by atoms with Gasteiger partial charge in [-0.3, -0.25) is 4.98 Å². The Morgan fingerprint density at radius 3 is 2.39 bits per heavy atom. The minimum absolute atomic E-state index is 0.0880. The maximum Gasteiger partial charge on any atom is 0.490 e. The number of rotatable bonds is 5. The highest BCUT2D eigenvalue weighted by Gasteiger charge is 2.38. The van der Waals surface area contributed by atoms with E-state index in [9.17, 15) is 22.0 Å². The van der Waals surface area contributed by atoms with Gasteiger partial charge in [0.25, 0.3) is 0 Å². The molecule has 2 N–H and O–H groups in total. The van der Waals surface area contributed by atoms with Crippen LogP contribution in [0.5, 0.6) is 5.75 Å². The average molecular weight is 513 g/mol. The summed E-state index contributed by atoms with van der Waals surface area (Å²) in [4.78, 5) is 24.7. The molecule has 0 bridgehead atoms. The topological polar surface area (TPSA) is 100 Å². The minimum Gasteiger partial charge on any atom is -0.487 e. The van der Waals surface area contributed by atoms with Crippen LogP contribution < -0.4 is 15.0 Å². The number of nitrogens with one attached hydrogen (secondary N) is 1. The SMILES string of the molecule is CC(C)Nc1nc2cnccc2nc1N1CCC(Oc2ccc(F)cc2F)CC1.O=C(O)C(F)(F)F. The number of aromatic nitrogens is 3. The van der Waals surface area contributed by atoms with E-state index >= 15 is 0 Å². The molecule has 4 rings (SSSR count). The number of carboxylic acid groups (broad SMARTS) is 1. The van der Waals surface area contributed by atoms with Crippen LogP contribution in [0, 0.1) is 11.6 Å². The van der Waals surface area contributed by atoms with Gasteiger partial charge in [-0.05, 0) is 32.0 Å². The number of hydrogen-bond acceptors (Lipinski definition) is 7. The standard InChI is InChI=1S/C21H23F2N5O.C2HF3O2/c1-13(2)25-20-21(27-17-5-8-24-12-18(17)26-20)28-9-6-15(7-10-28)29-19-4-3-14(22)11-16(19)23;3-2(4,5)1(6)7/h3-5,8,11-13,15H,6-7,9-10H2,1-2H3,(H,25,26);(H,6,7). The van der Waals surface area contributed by atoms with Crippen LogP contribution in [0.4, 0.5) is 33.6 Å². The summed E-state index contributed by atoms with van der Waals surface area (Å²) in [6, 6.07) is 5.44. The Kier molecular flexibility index (Phi) is 8.43. The predicted octanol–water partition coefficient (Wildman–Crippen LogP) is 4.80. The van der Waals surface area contributed by atoms with Crippen LogP contribution in [0.1, 0.15) is 26.7 Å². The number of carboxylic acids is 1. The highest BCUT2D eigenvalue weighted by Crippen LogP contribution is 2.29. The van der Waals surface area contributed by atoms with Crippen LogP contribution in [-0.4, -0.2) is 57.4 Å². The summed E-state index contributed by atoms with van der Waals surface area (Å²) in [7, 11) is 0. The molecule has 13 heteroatoms. The van der Waals surface area contributed by atoms with E-state index in [0.717, 1.165) is 28.7 Å². The van der Waals surface area contributed by atoms with E-state index in [2.05, 4.69) is 29.0 Å². The quantitative estimate of drug-likeness (QED) is 0.469. The first-order chi connectivity index (χ1) is 16.9. The summed E-state index contributed by atoms with van der Waals surface area (Å²) in [6.45, 7) is 5.50. The lowest BCUT2D eigenvalue weighted by Gasteiger charge is -2.34. The summed E-state index contributed by atoms with van der Waals surface area (Å²) in [5.41, 5.74) is 1.53. The molecule has 1 aromatic carbocycles. The van der Waals surface area contributed by atoms with Gasteiger partial charge in [0.15, 0.2) is 23.2 Å². The Bertz CT molecular complexity index is 1200. The van der Waals surface area contributed by atoms with Crippen LogP contribution in [0.3, 0.4) is 0 Å². The van der Waals surface area contributed by atoms with Crippen LogP contribution in [0.25, 0.3) is 11.0 Å². The van der Waals surface area contributed by atoms with Gasteiger partial charge in [0.1, 0.15) is 17.4 Å². The molecule has 0 spiro atoms. The summed E-state index contributed by atoms with van der Waals surface area (Å²) >= 11 is 0. The number of pyridine rings is 1. The van der Waals surface area contributed by atoms with Gasteiger partial charge in [-0.15, -0.1) is 0 Å².